The fraction of sp³-hybridized carbons (Fsp3) is 0.333. The van der Waals surface area contributed by atoms with Crippen molar-refractivity contribution in [2.45, 2.75) is 38.6 Å². The molecule has 2 aromatic carbocycles. The molecule has 136 valence electrons. The number of fused-ring (bicyclic) bond motifs is 1. The van der Waals surface area contributed by atoms with Crippen LogP contribution >= 0.6 is 0 Å². The van der Waals surface area contributed by atoms with Crippen molar-refractivity contribution in [3.8, 4) is 0 Å². The second-order valence-corrected chi connectivity index (χ2v) is 7.49. The number of para-hydroxylation sites is 1. The molecule has 2 amide bonds. The van der Waals surface area contributed by atoms with Crippen molar-refractivity contribution in [2.24, 2.45) is 5.10 Å². The lowest BCUT2D eigenvalue weighted by Crippen LogP contribution is -2.45. The van der Waals surface area contributed by atoms with Crippen molar-refractivity contribution >= 4 is 23.6 Å². The van der Waals surface area contributed by atoms with E-state index in [0.717, 1.165) is 17.7 Å². The van der Waals surface area contributed by atoms with E-state index in [1.807, 2.05) is 36.4 Å². The van der Waals surface area contributed by atoms with Crippen molar-refractivity contribution in [3.05, 3.63) is 59.7 Å². The van der Waals surface area contributed by atoms with Crippen LogP contribution in [0.4, 0.5) is 16.2 Å². The number of rotatable bonds is 3. The van der Waals surface area contributed by atoms with Crippen LogP contribution in [-0.2, 0) is 0 Å². The van der Waals surface area contributed by atoms with Crippen molar-refractivity contribution in [1.29, 1.82) is 0 Å². The Balaban J connectivity index is 1.67. The molecule has 3 rings (SSSR count). The maximum absolute atomic E-state index is 11.9. The molecule has 2 aromatic rings. The second kappa shape index (κ2) is 7.20. The van der Waals surface area contributed by atoms with Gasteiger partial charge in [0.15, 0.2) is 0 Å². The molecule has 0 fully saturated rings. The van der Waals surface area contributed by atoms with E-state index < -0.39 is 0 Å². The molecule has 1 aliphatic heterocycles. The molecule has 0 saturated heterocycles. The molecule has 1 aliphatic rings. The molecule has 1 unspecified atom stereocenters. The molecule has 0 radical (unpaired) electrons. The third kappa shape index (κ3) is 3.87. The zero-order valence-electron chi connectivity index (χ0n) is 15.8. The lowest BCUT2D eigenvalue weighted by atomic mass is 9.80. The molecule has 5 heteroatoms. The van der Waals surface area contributed by atoms with Crippen LogP contribution in [-0.4, -0.2) is 24.8 Å². The van der Waals surface area contributed by atoms with E-state index >= 15 is 0 Å². The Morgan fingerprint density at radius 1 is 1.23 bits per heavy atom. The van der Waals surface area contributed by atoms with Crippen molar-refractivity contribution in [1.82, 2.24) is 5.43 Å². The molecular weight excluding hydrogens is 324 g/mol. The average molecular weight is 350 g/mol. The Kier molecular flexibility index (Phi) is 4.98. The maximum atomic E-state index is 11.9. The summed E-state index contributed by atoms with van der Waals surface area (Å²) in [6.07, 6.45) is 2.78. The predicted molar refractivity (Wildman–Crippen MR) is 108 cm³/mol. The van der Waals surface area contributed by atoms with E-state index in [9.17, 15) is 4.79 Å². The van der Waals surface area contributed by atoms with Crippen LogP contribution in [0.1, 0.15) is 44.2 Å². The van der Waals surface area contributed by atoms with Gasteiger partial charge in [-0.2, -0.15) is 5.10 Å². The number of anilines is 2. The topological polar surface area (TPSA) is 56.7 Å². The minimum absolute atomic E-state index is 0.152. The van der Waals surface area contributed by atoms with Gasteiger partial charge in [0.05, 0.1) is 6.21 Å². The van der Waals surface area contributed by atoms with Gasteiger partial charge in [-0.25, -0.2) is 10.2 Å². The SMILES string of the molecule is CC1CC(C)(C)N(C)c2ccc(/C=N/NC(=O)Nc3ccccc3)cc21. The Hall–Kier alpha value is -2.82. The van der Waals surface area contributed by atoms with Crippen LogP contribution in [0.2, 0.25) is 0 Å². The van der Waals surface area contributed by atoms with Gasteiger partial charge in [0, 0.05) is 24.0 Å². The smallest absolute Gasteiger partial charge is 0.339 e. The zero-order chi connectivity index (χ0) is 18.7. The van der Waals surface area contributed by atoms with E-state index in [2.05, 4.69) is 60.7 Å². The van der Waals surface area contributed by atoms with Crippen molar-refractivity contribution in [2.75, 3.05) is 17.3 Å². The maximum Gasteiger partial charge on any atom is 0.339 e. The monoisotopic (exact) mass is 350 g/mol. The molecular formula is C21H26N4O. The van der Waals surface area contributed by atoms with Crippen LogP contribution in [0.25, 0.3) is 0 Å². The number of hydrogen-bond acceptors (Lipinski definition) is 3. The third-order valence-corrected chi connectivity index (χ3v) is 5.07. The van der Waals surface area contributed by atoms with E-state index in [0.29, 0.717) is 5.92 Å². The summed E-state index contributed by atoms with van der Waals surface area (Å²) in [5.41, 5.74) is 6.95. The van der Waals surface area contributed by atoms with Gasteiger partial charge in [-0.1, -0.05) is 31.2 Å². The number of hydrogen-bond donors (Lipinski definition) is 2. The number of benzene rings is 2. The molecule has 0 aromatic heterocycles. The van der Waals surface area contributed by atoms with Gasteiger partial charge in [-0.3, -0.25) is 0 Å². The van der Waals surface area contributed by atoms with Gasteiger partial charge in [-0.15, -0.1) is 0 Å². The largest absolute Gasteiger partial charge is 0.369 e. The highest BCUT2D eigenvalue weighted by atomic mass is 16.2. The summed E-state index contributed by atoms with van der Waals surface area (Å²) in [6, 6.07) is 15.3. The summed E-state index contributed by atoms with van der Waals surface area (Å²) < 4.78 is 0. The van der Waals surface area contributed by atoms with Gasteiger partial charge in [0.25, 0.3) is 0 Å². The van der Waals surface area contributed by atoms with Crippen LogP contribution in [0.5, 0.6) is 0 Å². The van der Waals surface area contributed by atoms with Gasteiger partial charge in [0.2, 0.25) is 0 Å². The highest BCUT2D eigenvalue weighted by molar-refractivity contribution is 5.90. The molecule has 0 bridgehead atoms. The van der Waals surface area contributed by atoms with E-state index in [1.54, 1.807) is 6.21 Å². The van der Waals surface area contributed by atoms with Crippen LogP contribution < -0.4 is 15.6 Å². The summed E-state index contributed by atoms with van der Waals surface area (Å²) in [5.74, 6) is 0.485. The van der Waals surface area contributed by atoms with Crippen LogP contribution in [0.15, 0.2) is 53.6 Å². The predicted octanol–water partition coefficient (Wildman–Crippen LogP) is 4.56. The second-order valence-electron chi connectivity index (χ2n) is 7.49. The number of urea groups is 1. The minimum Gasteiger partial charge on any atom is -0.369 e. The number of nitrogens with one attached hydrogen (secondary N) is 2. The average Bonchev–Trinajstić information content (AvgIpc) is 2.60. The first-order valence-electron chi connectivity index (χ1n) is 8.90. The van der Waals surface area contributed by atoms with Gasteiger partial charge in [-0.05, 0) is 61.6 Å². The Labute approximate surface area is 155 Å². The summed E-state index contributed by atoms with van der Waals surface area (Å²) in [7, 11) is 2.15. The molecule has 1 heterocycles. The van der Waals surface area contributed by atoms with Gasteiger partial charge < -0.3 is 10.2 Å². The Bertz CT molecular complexity index is 814. The number of carbonyl (C=O) groups is 1. The number of nitrogens with zero attached hydrogens (tertiary/aromatic N) is 2. The van der Waals surface area contributed by atoms with Gasteiger partial charge >= 0.3 is 6.03 Å². The highest BCUT2D eigenvalue weighted by Crippen LogP contribution is 2.42. The fourth-order valence-electron chi connectivity index (χ4n) is 3.52. The first-order valence-corrected chi connectivity index (χ1v) is 8.90. The normalized spacial score (nSPS) is 18.5. The zero-order valence-corrected chi connectivity index (χ0v) is 15.8. The molecule has 26 heavy (non-hydrogen) atoms. The summed E-state index contributed by atoms with van der Waals surface area (Å²) >= 11 is 0. The molecule has 2 N–H and O–H groups in total. The Morgan fingerprint density at radius 3 is 2.69 bits per heavy atom. The highest BCUT2D eigenvalue weighted by Gasteiger charge is 2.33. The lowest BCUT2D eigenvalue weighted by Gasteiger charge is -2.45. The van der Waals surface area contributed by atoms with E-state index in [1.165, 1.54) is 11.3 Å². The van der Waals surface area contributed by atoms with Gasteiger partial charge in [0.1, 0.15) is 0 Å². The number of hydrazone groups is 1. The summed E-state index contributed by atoms with van der Waals surface area (Å²) in [5, 5.41) is 6.79. The van der Waals surface area contributed by atoms with E-state index in [4.69, 9.17) is 0 Å². The summed E-state index contributed by atoms with van der Waals surface area (Å²) in [4.78, 5) is 14.2. The number of carbonyl (C=O) groups excluding carboxylic acids is 1. The first kappa shape index (κ1) is 18.0. The van der Waals surface area contributed by atoms with Crippen molar-refractivity contribution < 1.29 is 4.79 Å². The summed E-state index contributed by atoms with van der Waals surface area (Å²) in [6.45, 7) is 6.81. The first-order chi connectivity index (χ1) is 12.4. The molecule has 0 aliphatic carbocycles. The third-order valence-electron chi connectivity index (χ3n) is 5.07. The molecule has 5 nitrogen and oxygen atoms in total. The lowest BCUT2D eigenvalue weighted by molar-refractivity contribution is 0.252. The van der Waals surface area contributed by atoms with Crippen LogP contribution in [0, 0.1) is 0 Å². The molecule has 1 atom stereocenters. The van der Waals surface area contributed by atoms with Crippen LogP contribution in [0.3, 0.4) is 0 Å². The molecule has 0 saturated carbocycles. The number of amides is 2. The van der Waals surface area contributed by atoms with E-state index in [-0.39, 0.29) is 11.6 Å². The minimum atomic E-state index is -0.361. The Morgan fingerprint density at radius 2 is 1.96 bits per heavy atom. The fourth-order valence-corrected chi connectivity index (χ4v) is 3.52. The standard InChI is InChI=1S/C21H26N4O/c1-15-13-21(2,3)25(4)19-11-10-16(12-18(15)19)14-22-24-20(26)23-17-8-6-5-7-9-17/h5-12,14-15H,13H2,1-4H3,(H2,23,24,26)/b22-14+. The quantitative estimate of drug-likeness (QED) is 0.629. The van der Waals surface area contributed by atoms with Crippen molar-refractivity contribution in [3.63, 3.8) is 0 Å². The molecule has 0 spiro atoms.